The van der Waals surface area contributed by atoms with E-state index in [0.29, 0.717) is 12.5 Å². The third kappa shape index (κ3) is 3.54. The first-order valence-corrected chi connectivity index (χ1v) is 6.89. The van der Waals surface area contributed by atoms with Gasteiger partial charge in [0.1, 0.15) is 0 Å². The molecule has 0 atom stereocenters. The average Bonchev–Trinajstić information content (AvgIpc) is 2.39. The molecule has 0 saturated carbocycles. The SMILES string of the molecule is CC(C)c1cc(=O)[nH]c(N2CCN(CCN)CC2)n1. The maximum atomic E-state index is 11.7. The molecule has 6 nitrogen and oxygen atoms in total. The number of rotatable bonds is 4. The van der Waals surface area contributed by atoms with E-state index in [4.69, 9.17) is 5.73 Å². The zero-order chi connectivity index (χ0) is 13.8. The highest BCUT2D eigenvalue weighted by Crippen LogP contribution is 2.14. The Labute approximate surface area is 113 Å². The van der Waals surface area contributed by atoms with Crippen LogP contribution in [0, 0.1) is 0 Å². The maximum absolute atomic E-state index is 11.7. The van der Waals surface area contributed by atoms with E-state index in [-0.39, 0.29) is 11.5 Å². The number of nitrogens with one attached hydrogen (secondary N) is 1. The fourth-order valence-corrected chi connectivity index (χ4v) is 2.27. The number of hydrogen-bond donors (Lipinski definition) is 2. The molecule has 1 aliphatic heterocycles. The van der Waals surface area contributed by atoms with E-state index in [1.54, 1.807) is 6.07 Å². The highest BCUT2D eigenvalue weighted by atomic mass is 16.1. The Bertz CT molecular complexity index is 462. The summed E-state index contributed by atoms with van der Waals surface area (Å²) in [5.74, 6) is 0.961. The van der Waals surface area contributed by atoms with Crippen LogP contribution in [-0.2, 0) is 0 Å². The van der Waals surface area contributed by atoms with E-state index in [2.05, 4.69) is 19.8 Å². The first kappa shape index (κ1) is 14.0. The second kappa shape index (κ2) is 6.16. The van der Waals surface area contributed by atoms with E-state index in [1.807, 2.05) is 13.8 Å². The van der Waals surface area contributed by atoms with Crippen LogP contribution in [0.25, 0.3) is 0 Å². The average molecular weight is 265 g/mol. The highest BCUT2D eigenvalue weighted by Gasteiger charge is 2.18. The second-order valence-corrected chi connectivity index (χ2v) is 5.27. The molecule has 1 saturated heterocycles. The molecule has 0 amide bonds. The fraction of sp³-hybridized carbons (Fsp3) is 0.692. The lowest BCUT2D eigenvalue weighted by Gasteiger charge is -2.34. The molecule has 0 bridgehead atoms. The Morgan fingerprint density at radius 3 is 2.63 bits per heavy atom. The molecule has 1 fully saturated rings. The first-order valence-electron chi connectivity index (χ1n) is 6.89. The monoisotopic (exact) mass is 265 g/mol. The highest BCUT2D eigenvalue weighted by molar-refractivity contribution is 5.31. The molecule has 6 heteroatoms. The normalized spacial score (nSPS) is 17.2. The van der Waals surface area contributed by atoms with Gasteiger partial charge in [0.15, 0.2) is 0 Å². The lowest BCUT2D eigenvalue weighted by molar-refractivity contribution is 0.263. The van der Waals surface area contributed by atoms with Crippen LogP contribution < -0.4 is 16.2 Å². The molecule has 1 aliphatic rings. The number of hydrogen-bond acceptors (Lipinski definition) is 5. The minimum Gasteiger partial charge on any atom is -0.340 e. The standard InChI is InChI=1S/C13H23N5O/c1-10(2)11-9-12(19)16-13(15-11)18-7-5-17(4-3-14)6-8-18/h9-10H,3-8,14H2,1-2H3,(H,15,16,19). The lowest BCUT2D eigenvalue weighted by Crippen LogP contribution is -2.48. The van der Waals surface area contributed by atoms with Crippen molar-refractivity contribution in [3.05, 3.63) is 22.1 Å². The van der Waals surface area contributed by atoms with Crippen LogP contribution in [0.5, 0.6) is 0 Å². The van der Waals surface area contributed by atoms with Gasteiger partial charge in [-0.25, -0.2) is 4.98 Å². The van der Waals surface area contributed by atoms with Gasteiger partial charge in [0.25, 0.3) is 5.56 Å². The molecule has 3 N–H and O–H groups in total. The summed E-state index contributed by atoms with van der Waals surface area (Å²) < 4.78 is 0. The number of nitrogens with two attached hydrogens (primary N) is 1. The van der Waals surface area contributed by atoms with Crippen LogP contribution >= 0.6 is 0 Å². The van der Waals surface area contributed by atoms with Gasteiger partial charge in [0.2, 0.25) is 5.95 Å². The van der Waals surface area contributed by atoms with Crippen molar-refractivity contribution < 1.29 is 0 Å². The Hall–Kier alpha value is -1.40. The van der Waals surface area contributed by atoms with E-state index in [1.165, 1.54) is 0 Å². The van der Waals surface area contributed by atoms with Crippen LogP contribution in [0.3, 0.4) is 0 Å². The van der Waals surface area contributed by atoms with Crippen molar-refractivity contribution in [1.82, 2.24) is 14.9 Å². The Morgan fingerprint density at radius 2 is 2.05 bits per heavy atom. The van der Waals surface area contributed by atoms with Crippen molar-refractivity contribution >= 4 is 5.95 Å². The van der Waals surface area contributed by atoms with Crippen LogP contribution in [-0.4, -0.2) is 54.1 Å². The van der Waals surface area contributed by atoms with Crippen molar-refractivity contribution in [3.8, 4) is 0 Å². The predicted octanol–water partition coefficient (Wildman–Crippen LogP) is -0.0260. The van der Waals surface area contributed by atoms with Crippen LogP contribution in [0.1, 0.15) is 25.5 Å². The summed E-state index contributed by atoms with van der Waals surface area (Å²) in [4.78, 5) is 23.5. The molecule has 0 radical (unpaired) electrons. The van der Waals surface area contributed by atoms with Crippen LogP contribution in [0.2, 0.25) is 0 Å². The van der Waals surface area contributed by atoms with E-state index >= 15 is 0 Å². The largest absolute Gasteiger partial charge is 0.340 e. The van der Waals surface area contributed by atoms with Crippen molar-refractivity contribution in [2.75, 3.05) is 44.2 Å². The molecular weight excluding hydrogens is 242 g/mol. The summed E-state index contributed by atoms with van der Waals surface area (Å²) in [7, 11) is 0. The fourth-order valence-electron chi connectivity index (χ4n) is 2.27. The third-order valence-corrected chi connectivity index (χ3v) is 3.46. The first-order chi connectivity index (χ1) is 9.10. The van der Waals surface area contributed by atoms with Gasteiger partial charge in [-0.05, 0) is 5.92 Å². The summed E-state index contributed by atoms with van der Waals surface area (Å²) in [6, 6.07) is 1.58. The number of aromatic nitrogens is 2. The molecule has 0 spiro atoms. The molecule has 0 aliphatic carbocycles. The third-order valence-electron chi connectivity index (χ3n) is 3.46. The number of piperazine rings is 1. The quantitative estimate of drug-likeness (QED) is 0.799. The number of nitrogens with zero attached hydrogens (tertiary/aromatic N) is 3. The van der Waals surface area contributed by atoms with Crippen molar-refractivity contribution in [1.29, 1.82) is 0 Å². The van der Waals surface area contributed by atoms with E-state index in [9.17, 15) is 4.79 Å². The summed E-state index contributed by atoms with van der Waals surface area (Å²) in [5.41, 5.74) is 6.34. The van der Waals surface area contributed by atoms with Gasteiger partial charge < -0.3 is 10.6 Å². The second-order valence-electron chi connectivity index (χ2n) is 5.27. The Kier molecular flexibility index (Phi) is 4.55. The van der Waals surface area contributed by atoms with Crippen molar-refractivity contribution in [2.24, 2.45) is 5.73 Å². The minimum absolute atomic E-state index is 0.0712. The Balaban J connectivity index is 2.09. The molecule has 2 rings (SSSR count). The number of anilines is 1. The number of H-pyrrole nitrogens is 1. The maximum Gasteiger partial charge on any atom is 0.252 e. The van der Waals surface area contributed by atoms with E-state index < -0.39 is 0 Å². The zero-order valence-corrected chi connectivity index (χ0v) is 11.7. The van der Waals surface area contributed by atoms with E-state index in [0.717, 1.165) is 38.4 Å². The van der Waals surface area contributed by atoms with Gasteiger partial charge in [-0.15, -0.1) is 0 Å². The molecule has 1 aromatic rings. The molecule has 19 heavy (non-hydrogen) atoms. The van der Waals surface area contributed by atoms with Crippen LogP contribution in [0.15, 0.2) is 10.9 Å². The molecule has 106 valence electrons. The lowest BCUT2D eigenvalue weighted by atomic mass is 10.1. The smallest absolute Gasteiger partial charge is 0.252 e. The molecule has 1 aromatic heterocycles. The predicted molar refractivity (Wildman–Crippen MR) is 76.7 cm³/mol. The van der Waals surface area contributed by atoms with Gasteiger partial charge in [0, 0.05) is 45.3 Å². The minimum atomic E-state index is -0.0712. The van der Waals surface area contributed by atoms with Crippen molar-refractivity contribution in [2.45, 2.75) is 19.8 Å². The summed E-state index contributed by atoms with van der Waals surface area (Å²) in [6.07, 6.45) is 0. The summed E-state index contributed by atoms with van der Waals surface area (Å²) in [5, 5.41) is 0. The molecule has 0 aromatic carbocycles. The molecule has 2 heterocycles. The zero-order valence-electron chi connectivity index (χ0n) is 11.7. The topological polar surface area (TPSA) is 78.2 Å². The van der Waals surface area contributed by atoms with Crippen LogP contribution in [0.4, 0.5) is 5.95 Å². The van der Waals surface area contributed by atoms with Crippen molar-refractivity contribution in [3.63, 3.8) is 0 Å². The van der Waals surface area contributed by atoms with Gasteiger partial charge in [0.05, 0.1) is 5.69 Å². The summed E-state index contributed by atoms with van der Waals surface area (Å²) >= 11 is 0. The molecular formula is C13H23N5O. The van der Waals surface area contributed by atoms with Gasteiger partial charge in [-0.2, -0.15) is 0 Å². The number of aromatic amines is 1. The summed E-state index contributed by atoms with van der Waals surface area (Å²) in [6.45, 7) is 9.41. The molecule has 0 unspecified atom stereocenters. The van der Waals surface area contributed by atoms with Gasteiger partial charge in [-0.1, -0.05) is 13.8 Å². The van der Waals surface area contributed by atoms with Gasteiger partial charge >= 0.3 is 0 Å². The Morgan fingerprint density at radius 1 is 1.37 bits per heavy atom. The van der Waals surface area contributed by atoms with Gasteiger partial charge in [-0.3, -0.25) is 14.7 Å².